The third-order valence-corrected chi connectivity index (χ3v) is 2.85. The highest BCUT2D eigenvalue weighted by Gasteiger charge is 2.24. The van der Waals surface area contributed by atoms with Crippen molar-refractivity contribution in [2.75, 3.05) is 0 Å². The van der Waals surface area contributed by atoms with Gasteiger partial charge in [0.2, 0.25) is 0 Å². The monoisotopic (exact) mass is 256 g/mol. The van der Waals surface area contributed by atoms with Gasteiger partial charge in [-0.3, -0.25) is 0 Å². The third kappa shape index (κ3) is 1.46. The van der Waals surface area contributed by atoms with Gasteiger partial charge in [0.25, 0.3) is 0 Å². The predicted octanol–water partition coefficient (Wildman–Crippen LogP) is 4.40. The Morgan fingerprint density at radius 2 is 2.07 bits per heavy atom. The van der Waals surface area contributed by atoms with Gasteiger partial charge in [-0.05, 0) is 26.0 Å². The van der Waals surface area contributed by atoms with Crippen molar-refractivity contribution in [2.24, 2.45) is 0 Å². The van der Waals surface area contributed by atoms with Crippen molar-refractivity contribution in [3.05, 3.63) is 34.5 Å². The van der Waals surface area contributed by atoms with Gasteiger partial charge < -0.3 is 4.42 Å². The fourth-order valence-electron chi connectivity index (χ4n) is 1.48. The average Bonchev–Trinajstić information content (AvgIpc) is 2.47. The first kappa shape index (κ1) is 9.71. The largest absolute Gasteiger partial charge is 0.464 e. The zero-order valence-corrected chi connectivity index (χ0v) is 9.56. The first-order valence-electron chi connectivity index (χ1n) is 4.35. The summed E-state index contributed by atoms with van der Waals surface area (Å²) in [5.41, 5.74) is -0.0881. The predicted molar refractivity (Wildman–Crippen MR) is 58.0 cm³/mol. The molecule has 0 unspecified atom stereocenters. The fourth-order valence-corrected chi connectivity index (χ4v) is 2.04. The highest BCUT2D eigenvalue weighted by atomic mass is 79.9. The molecule has 1 nitrogen and oxygen atoms in total. The maximum atomic E-state index is 13.8. The molecule has 1 heterocycles. The molecule has 0 aliphatic rings. The molecule has 1 aromatic carbocycles. The Balaban J connectivity index is 2.80. The minimum Gasteiger partial charge on any atom is -0.464 e. The van der Waals surface area contributed by atoms with Crippen LogP contribution in [0.4, 0.5) is 4.39 Å². The first-order valence-corrected chi connectivity index (χ1v) is 5.14. The second kappa shape index (κ2) is 3.09. The van der Waals surface area contributed by atoms with Crippen LogP contribution >= 0.6 is 15.9 Å². The molecular formula is C11H10BrFO. The van der Waals surface area contributed by atoms with E-state index < -0.39 is 5.67 Å². The molecule has 0 amide bonds. The van der Waals surface area contributed by atoms with Crippen LogP contribution in [0.3, 0.4) is 0 Å². The van der Waals surface area contributed by atoms with Gasteiger partial charge in [0.1, 0.15) is 11.3 Å². The molecule has 14 heavy (non-hydrogen) atoms. The van der Waals surface area contributed by atoms with Crippen LogP contribution in [0, 0.1) is 0 Å². The van der Waals surface area contributed by atoms with E-state index in [-0.39, 0.29) is 0 Å². The molecule has 0 spiro atoms. The van der Waals surface area contributed by atoms with Crippen LogP contribution < -0.4 is 0 Å². The fraction of sp³-hybridized carbons (Fsp3) is 0.273. The topological polar surface area (TPSA) is 13.1 Å². The average molecular weight is 257 g/mol. The van der Waals surface area contributed by atoms with Gasteiger partial charge in [0.15, 0.2) is 0 Å². The van der Waals surface area contributed by atoms with Crippen molar-refractivity contribution in [1.29, 1.82) is 0 Å². The summed E-state index contributed by atoms with van der Waals surface area (Å²) >= 11 is 3.39. The van der Waals surface area contributed by atoms with E-state index >= 15 is 0 Å². The molecule has 0 aliphatic heterocycles. The van der Waals surface area contributed by atoms with E-state index in [4.69, 9.17) is 4.42 Å². The SMILES string of the molecule is CC(C)(F)c1coc2cccc(Br)c12. The second-order valence-corrected chi connectivity index (χ2v) is 4.59. The van der Waals surface area contributed by atoms with Gasteiger partial charge in [-0.1, -0.05) is 22.0 Å². The Hall–Kier alpha value is -0.830. The molecule has 2 aromatic rings. The second-order valence-electron chi connectivity index (χ2n) is 3.73. The quantitative estimate of drug-likeness (QED) is 0.737. The maximum absolute atomic E-state index is 13.8. The maximum Gasteiger partial charge on any atom is 0.135 e. The summed E-state index contributed by atoms with van der Waals surface area (Å²) in [6.07, 6.45) is 1.48. The summed E-state index contributed by atoms with van der Waals surface area (Å²) in [7, 11) is 0. The molecule has 0 saturated heterocycles. The minimum absolute atomic E-state index is 0.583. The Kier molecular flexibility index (Phi) is 2.14. The van der Waals surface area contributed by atoms with Gasteiger partial charge in [0.05, 0.1) is 6.26 Å². The highest BCUT2D eigenvalue weighted by molar-refractivity contribution is 9.10. The van der Waals surface area contributed by atoms with E-state index in [0.717, 1.165) is 9.86 Å². The van der Waals surface area contributed by atoms with Crippen LogP contribution in [-0.4, -0.2) is 0 Å². The summed E-state index contributed by atoms with van der Waals surface area (Å²) in [5.74, 6) is 0. The number of hydrogen-bond acceptors (Lipinski definition) is 1. The van der Waals surface area contributed by atoms with E-state index in [1.54, 1.807) is 0 Å². The van der Waals surface area contributed by atoms with Gasteiger partial charge in [-0.2, -0.15) is 0 Å². The molecule has 1 aromatic heterocycles. The molecule has 0 bridgehead atoms. The number of alkyl halides is 1. The number of rotatable bonds is 1. The number of fused-ring (bicyclic) bond motifs is 1. The lowest BCUT2D eigenvalue weighted by Gasteiger charge is -2.12. The summed E-state index contributed by atoms with van der Waals surface area (Å²) in [6, 6.07) is 5.58. The third-order valence-electron chi connectivity index (χ3n) is 2.19. The van der Waals surface area contributed by atoms with E-state index in [1.165, 1.54) is 20.1 Å². The molecule has 2 rings (SSSR count). The Morgan fingerprint density at radius 1 is 1.36 bits per heavy atom. The Labute approximate surface area is 90.0 Å². The first-order chi connectivity index (χ1) is 6.50. The van der Waals surface area contributed by atoms with Crippen LogP contribution in [0.5, 0.6) is 0 Å². The van der Waals surface area contributed by atoms with Gasteiger partial charge in [0, 0.05) is 15.4 Å². The van der Waals surface area contributed by atoms with Crippen molar-refractivity contribution in [3.63, 3.8) is 0 Å². The van der Waals surface area contributed by atoms with Crippen molar-refractivity contribution in [1.82, 2.24) is 0 Å². The van der Waals surface area contributed by atoms with Crippen LogP contribution in [0.1, 0.15) is 19.4 Å². The van der Waals surface area contributed by atoms with Crippen molar-refractivity contribution < 1.29 is 8.81 Å². The summed E-state index contributed by atoms with van der Waals surface area (Å²) in [4.78, 5) is 0. The van der Waals surface area contributed by atoms with E-state index in [1.807, 2.05) is 18.2 Å². The zero-order valence-electron chi connectivity index (χ0n) is 7.97. The minimum atomic E-state index is -1.38. The lowest BCUT2D eigenvalue weighted by atomic mass is 10.00. The van der Waals surface area contributed by atoms with Gasteiger partial charge >= 0.3 is 0 Å². The normalized spacial score (nSPS) is 12.3. The zero-order chi connectivity index (χ0) is 10.3. The Bertz CT molecular complexity index is 468. The molecule has 0 atom stereocenters. The van der Waals surface area contributed by atoms with Crippen molar-refractivity contribution in [2.45, 2.75) is 19.5 Å². The number of benzene rings is 1. The smallest absolute Gasteiger partial charge is 0.135 e. The molecule has 0 fully saturated rings. The van der Waals surface area contributed by atoms with E-state index in [2.05, 4.69) is 15.9 Å². The molecule has 3 heteroatoms. The molecule has 74 valence electrons. The number of halogens is 2. The molecule has 0 N–H and O–H groups in total. The molecule has 0 saturated carbocycles. The van der Waals surface area contributed by atoms with Crippen LogP contribution in [0.2, 0.25) is 0 Å². The lowest BCUT2D eigenvalue weighted by molar-refractivity contribution is 0.222. The van der Waals surface area contributed by atoms with E-state index in [0.29, 0.717) is 11.1 Å². The lowest BCUT2D eigenvalue weighted by Crippen LogP contribution is -2.07. The Morgan fingerprint density at radius 3 is 2.71 bits per heavy atom. The van der Waals surface area contributed by atoms with Crippen LogP contribution in [-0.2, 0) is 5.67 Å². The summed E-state index contributed by atoms with van der Waals surface area (Å²) in [6.45, 7) is 3.05. The number of hydrogen-bond donors (Lipinski definition) is 0. The van der Waals surface area contributed by atoms with Crippen LogP contribution in [0.15, 0.2) is 33.4 Å². The molecule has 0 radical (unpaired) electrons. The highest BCUT2D eigenvalue weighted by Crippen LogP contribution is 2.36. The van der Waals surface area contributed by atoms with Gasteiger partial charge in [-0.15, -0.1) is 0 Å². The summed E-state index contributed by atoms with van der Waals surface area (Å²) < 4.78 is 19.9. The van der Waals surface area contributed by atoms with Gasteiger partial charge in [-0.25, -0.2) is 4.39 Å². The van der Waals surface area contributed by atoms with Crippen molar-refractivity contribution >= 4 is 26.9 Å². The van der Waals surface area contributed by atoms with Crippen molar-refractivity contribution in [3.8, 4) is 0 Å². The van der Waals surface area contributed by atoms with E-state index in [9.17, 15) is 4.39 Å². The summed E-state index contributed by atoms with van der Waals surface area (Å²) in [5, 5.41) is 0.819. The molecule has 0 aliphatic carbocycles. The van der Waals surface area contributed by atoms with Crippen LogP contribution in [0.25, 0.3) is 11.0 Å². The number of furan rings is 1. The molecular weight excluding hydrogens is 247 g/mol. The standard InChI is InChI=1S/C11H10BrFO/c1-11(2,13)7-6-14-9-5-3-4-8(12)10(7)9/h3-6H,1-2H3.